The van der Waals surface area contributed by atoms with Crippen molar-refractivity contribution in [3.63, 3.8) is 0 Å². The van der Waals surface area contributed by atoms with Gasteiger partial charge in [-0.1, -0.05) is 30.3 Å². The highest BCUT2D eigenvalue weighted by Gasteiger charge is 2.54. The minimum Gasteiger partial charge on any atom is -0.371 e. The van der Waals surface area contributed by atoms with Crippen LogP contribution in [0.1, 0.15) is 45.6 Å². The van der Waals surface area contributed by atoms with Crippen LogP contribution in [0.15, 0.2) is 30.3 Å². The molecule has 1 saturated carbocycles. The fourth-order valence-electron chi connectivity index (χ4n) is 3.70. The number of ether oxygens (including phenoxy) is 2. The average Bonchev–Trinajstić information content (AvgIpc) is 2.37. The Balaban J connectivity index is 1.67. The van der Waals surface area contributed by atoms with Gasteiger partial charge in [-0.15, -0.1) is 0 Å². The molecular weight excluding hydrogens is 236 g/mol. The van der Waals surface area contributed by atoms with Gasteiger partial charge in [0.15, 0.2) is 0 Å². The van der Waals surface area contributed by atoms with Gasteiger partial charge >= 0.3 is 0 Å². The highest BCUT2D eigenvalue weighted by atomic mass is 16.6. The second-order valence-electron chi connectivity index (χ2n) is 6.77. The predicted octanol–water partition coefficient (Wildman–Crippen LogP) is 3.94. The zero-order valence-electron chi connectivity index (χ0n) is 12.2. The Labute approximate surface area is 116 Å². The first-order chi connectivity index (χ1) is 9.00. The van der Waals surface area contributed by atoms with Gasteiger partial charge in [-0.2, -0.15) is 0 Å². The van der Waals surface area contributed by atoms with E-state index in [-0.39, 0.29) is 17.3 Å². The first-order valence-electron chi connectivity index (χ1n) is 7.35. The molecule has 2 aliphatic heterocycles. The normalized spacial score (nSPS) is 36.4. The average molecular weight is 260 g/mol. The van der Waals surface area contributed by atoms with E-state index in [1.54, 1.807) is 0 Å². The maximum Gasteiger partial charge on any atom is 0.0922 e. The van der Waals surface area contributed by atoms with Gasteiger partial charge in [0.1, 0.15) is 0 Å². The molecule has 2 bridgehead atoms. The molecule has 3 fully saturated rings. The molecule has 2 nitrogen and oxygen atoms in total. The van der Waals surface area contributed by atoms with Gasteiger partial charge in [0.05, 0.1) is 23.9 Å². The van der Waals surface area contributed by atoms with Crippen LogP contribution in [-0.4, -0.2) is 17.3 Å². The largest absolute Gasteiger partial charge is 0.371 e. The van der Waals surface area contributed by atoms with Crippen LogP contribution < -0.4 is 0 Å². The molecule has 19 heavy (non-hydrogen) atoms. The molecule has 0 amide bonds. The van der Waals surface area contributed by atoms with Crippen LogP contribution in [0.4, 0.5) is 0 Å². The first-order valence-corrected chi connectivity index (χ1v) is 7.35. The Kier molecular flexibility index (Phi) is 3.18. The van der Waals surface area contributed by atoms with Gasteiger partial charge in [-0.3, -0.25) is 0 Å². The summed E-state index contributed by atoms with van der Waals surface area (Å²) in [5.41, 5.74) is 1.15. The van der Waals surface area contributed by atoms with Crippen molar-refractivity contribution < 1.29 is 9.47 Å². The van der Waals surface area contributed by atoms with Gasteiger partial charge < -0.3 is 9.47 Å². The molecule has 0 spiro atoms. The van der Waals surface area contributed by atoms with Crippen molar-refractivity contribution in [2.24, 2.45) is 5.92 Å². The predicted molar refractivity (Wildman–Crippen MR) is 75.9 cm³/mol. The molecule has 0 N–H and O–H groups in total. The van der Waals surface area contributed by atoms with E-state index in [0.717, 1.165) is 12.8 Å². The molecule has 4 rings (SSSR count). The standard InChI is InChI=1S/C17H24O2/c1-16(2)14-9-10-17(3,19-16)15(11-14)18-12-13-7-5-4-6-8-13/h4-8,14-15H,9-12H2,1-3H3. The molecule has 3 aliphatic rings. The van der Waals surface area contributed by atoms with Crippen LogP contribution in [-0.2, 0) is 16.1 Å². The van der Waals surface area contributed by atoms with E-state index in [2.05, 4.69) is 45.0 Å². The lowest BCUT2D eigenvalue weighted by Crippen LogP contribution is -2.61. The van der Waals surface area contributed by atoms with E-state index in [1.807, 2.05) is 6.07 Å². The van der Waals surface area contributed by atoms with Crippen molar-refractivity contribution >= 4 is 0 Å². The summed E-state index contributed by atoms with van der Waals surface area (Å²) in [4.78, 5) is 0. The third-order valence-electron chi connectivity index (χ3n) is 4.94. The van der Waals surface area contributed by atoms with Gasteiger partial charge in [-0.25, -0.2) is 0 Å². The number of fused-ring (bicyclic) bond motifs is 3. The maximum absolute atomic E-state index is 6.34. The van der Waals surface area contributed by atoms with E-state index in [0.29, 0.717) is 12.5 Å². The Morgan fingerprint density at radius 1 is 1.21 bits per heavy atom. The van der Waals surface area contributed by atoms with Gasteiger partial charge in [-0.05, 0) is 51.5 Å². The zero-order chi connectivity index (χ0) is 13.5. The Morgan fingerprint density at radius 3 is 2.58 bits per heavy atom. The second-order valence-corrected chi connectivity index (χ2v) is 6.77. The van der Waals surface area contributed by atoms with Crippen molar-refractivity contribution in [2.75, 3.05) is 0 Å². The molecule has 104 valence electrons. The number of hydrogen-bond acceptors (Lipinski definition) is 2. The number of hydrogen-bond donors (Lipinski definition) is 0. The molecule has 1 aromatic carbocycles. The molecule has 0 radical (unpaired) electrons. The van der Waals surface area contributed by atoms with Crippen molar-refractivity contribution in [2.45, 2.75) is 63.9 Å². The summed E-state index contributed by atoms with van der Waals surface area (Å²) in [6.07, 6.45) is 3.77. The summed E-state index contributed by atoms with van der Waals surface area (Å²) >= 11 is 0. The SMILES string of the molecule is CC1(C)OC2(C)CCC1CC2OCc1ccccc1. The number of rotatable bonds is 3. The molecule has 1 aromatic rings. The second kappa shape index (κ2) is 4.60. The van der Waals surface area contributed by atoms with Crippen molar-refractivity contribution in [3.8, 4) is 0 Å². The van der Waals surface area contributed by atoms with E-state index in [1.165, 1.54) is 12.0 Å². The molecule has 3 unspecified atom stereocenters. The quantitative estimate of drug-likeness (QED) is 0.819. The Bertz CT molecular complexity index is 440. The van der Waals surface area contributed by atoms with Crippen LogP contribution >= 0.6 is 0 Å². The zero-order valence-corrected chi connectivity index (χ0v) is 12.2. The lowest BCUT2D eigenvalue weighted by atomic mass is 9.67. The summed E-state index contributed by atoms with van der Waals surface area (Å²) in [6, 6.07) is 10.4. The highest BCUT2D eigenvalue weighted by molar-refractivity contribution is 5.14. The summed E-state index contributed by atoms with van der Waals surface area (Å²) in [5.74, 6) is 0.634. The van der Waals surface area contributed by atoms with Crippen molar-refractivity contribution in [1.29, 1.82) is 0 Å². The lowest BCUT2D eigenvalue weighted by Gasteiger charge is -2.57. The first kappa shape index (κ1) is 13.1. The van der Waals surface area contributed by atoms with E-state index < -0.39 is 0 Å². The van der Waals surface area contributed by atoms with E-state index in [4.69, 9.17) is 9.47 Å². The highest BCUT2D eigenvalue weighted by Crippen LogP contribution is 2.50. The van der Waals surface area contributed by atoms with Crippen molar-refractivity contribution in [1.82, 2.24) is 0 Å². The summed E-state index contributed by atoms with van der Waals surface area (Å²) < 4.78 is 12.5. The fourth-order valence-corrected chi connectivity index (χ4v) is 3.70. The Hall–Kier alpha value is -0.860. The van der Waals surface area contributed by atoms with Gasteiger partial charge in [0, 0.05) is 0 Å². The van der Waals surface area contributed by atoms with E-state index >= 15 is 0 Å². The minimum atomic E-state index is -0.104. The molecule has 2 heteroatoms. The molecule has 2 heterocycles. The smallest absolute Gasteiger partial charge is 0.0922 e. The van der Waals surface area contributed by atoms with Crippen LogP contribution in [0.5, 0.6) is 0 Å². The molecule has 2 saturated heterocycles. The lowest BCUT2D eigenvalue weighted by molar-refractivity contribution is -0.284. The molecule has 0 aromatic heterocycles. The number of benzene rings is 1. The summed E-state index contributed by atoms with van der Waals surface area (Å²) in [5, 5.41) is 0. The topological polar surface area (TPSA) is 18.5 Å². The summed E-state index contributed by atoms with van der Waals surface area (Å²) in [6.45, 7) is 7.36. The Morgan fingerprint density at radius 2 is 1.95 bits per heavy atom. The third kappa shape index (κ3) is 2.44. The van der Waals surface area contributed by atoms with Gasteiger partial charge in [0.25, 0.3) is 0 Å². The third-order valence-corrected chi connectivity index (χ3v) is 4.94. The van der Waals surface area contributed by atoms with Crippen LogP contribution in [0, 0.1) is 5.92 Å². The van der Waals surface area contributed by atoms with Crippen molar-refractivity contribution in [3.05, 3.63) is 35.9 Å². The fraction of sp³-hybridized carbons (Fsp3) is 0.647. The van der Waals surface area contributed by atoms with Crippen LogP contribution in [0.3, 0.4) is 0 Å². The molecule has 3 atom stereocenters. The van der Waals surface area contributed by atoms with Crippen LogP contribution in [0.2, 0.25) is 0 Å². The maximum atomic E-state index is 6.34. The van der Waals surface area contributed by atoms with Crippen LogP contribution in [0.25, 0.3) is 0 Å². The van der Waals surface area contributed by atoms with E-state index in [9.17, 15) is 0 Å². The monoisotopic (exact) mass is 260 g/mol. The molecular formula is C17H24O2. The molecule has 1 aliphatic carbocycles. The van der Waals surface area contributed by atoms with Gasteiger partial charge in [0.2, 0.25) is 0 Å². The summed E-state index contributed by atoms with van der Waals surface area (Å²) in [7, 11) is 0. The minimum absolute atomic E-state index is 0.0135.